The maximum absolute atomic E-state index is 6.08. The third-order valence-electron chi connectivity index (χ3n) is 4.49. The van der Waals surface area contributed by atoms with Gasteiger partial charge in [-0.1, -0.05) is 67.1 Å². The molecule has 21 heavy (non-hydrogen) atoms. The number of benzene rings is 1. The molecule has 3 heteroatoms. The van der Waals surface area contributed by atoms with Crippen molar-refractivity contribution in [1.82, 2.24) is 4.90 Å². The van der Waals surface area contributed by atoms with Crippen molar-refractivity contribution in [2.24, 2.45) is 5.73 Å². The van der Waals surface area contributed by atoms with E-state index in [2.05, 4.69) is 66.0 Å². The number of rotatable bonds is 10. The molecule has 0 fully saturated rings. The van der Waals surface area contributed by atoms with Gasteiger partial charge >= 0.3 is 0 Å². The molecule has 1 atom stereocenters. The molecule has 0 aliphatic rings. The molecule has 0 radical (unpaired) electrons. The lowest BCUT2D eigenvalue weighted by Gasteiger charge is -2.38. The van der Waals surface area contributed by atoms with Gasteiger partial charge in [-0.3, -0.25) is 4.90 Å². The summed E-state index contributed by atoms with van der Waals surface area (Å²) in [6, 6.07) is 8.53. The molecular weight excluding hydrogens is 324 g/mol. The van der Waals surface area contributed by atoms with Gasteiger partial charge in [0.15, 0.2) is 0 Å². The van der Waals surface area contributed by atoms with Crippen LogP contribution in [0.4, 0.5) is 0 Å². The van der Waals surface area contributed by atoms with E-state index in [1.165, 1.54) is 44.1 Å². The SMILES string of the molecule is CCCCCCCC(C)(CN)N(C)Cc1cccc(Br)c1. The molecule has 0 amide bonds. The maximum Gasteiger partial charge on any atom is 0.0304 e. The molecule has 1 aromatic rings. The zero-order valence-electron chi connectivity index (χ0n) is 13.9. The van der Waals surface area contributed by atoms with Crippen LogP contribution in [0, 0.1) is 0 Å². The van der Waals surface area contributed by atoms with Gasteiger partial charge in [-0.05, 0) is 38.1 Å². The van der Waals surface area contributed by atoms with Crippen LogP contribution in [0.3, 0.4) is 0 Å². The van der Waals surface area contributed by atoms with Crippen LogP contribution in [0.15, 0.2) is 28.7 Å². The average Bonchev–Trinajstić information content (AvgIpc) is 2.46. The molecule has 2 N–H and O–H groups in total. The van der Waals surface area contributed by atoms with Crippen LogP contribution in [-0.2, 0) is 6.54 Å². The molecular formula is C18H31BrN2. The van der Waals surface area contributed by atoms with Gasteiger partial charge < -0.3 is 5.73 Å². The van der Waals surface area contributed by atoms with Gasteiger partial charge in [0.05, 0.1) is 0 Å². The van der Waals surface area contributed by atoms with Crippen molar-refractivity contribution in [2.45, 2.75) is 64.5 Å². The quantitative estimate of drug-likeness (QED) is 0.601. The van der Waals surface area contributed by atoms with Crippen molar-refractivity contribution in [3.63, 3.8) is 0 Å². The van der Waals surface area contributed by atoms with E-state index in [9.17, 15) is 0 Å². The molecule has 1 rings (SSSR count). The van der Waals surface area contributed by atoms with Crippen molar-refractivity contribution < 1.29 is 0 Å². The van der Waals surface area contributed by atoms with Gasteiger partial charge in [0.25, 0.3) is 0 Å². The molecule has 0 bridgehead atoms. The number of nitrogens with zero attached hydrogens (tertiary/aromatic N) is 1. The first-order valence-corrected chi connectivity index (χ1v) is 8.97. The Hall–Kier alpha value is -0.380. The number of nitrogens with two attached hydrogens (primary N) is 1. The van der Waals surface area contributed by atoms with Crippen molar-refractivity contribution in [3.8, 4) is 0 Å². The summed E-state index contributed by atoms with van der Waals surface area (Å²) >= 11 is 3.54. The van der Waals surface area contributed by atoms with Gasteiger partial charge in [-0.2, -0.15) is 0 Å². The van der Waals surface area contributed by atoms with E-state index in [0.29, 0.717) is 6.54 Å². The fourth-order valence-corrected chi connectivity index (χ4v) is 3.10. The molecule has 2 nitrogen and oxygen atoms in total. The number of hydrogen-bond acceptors (Lipinski definition) is 2. The maximum atomic E-state index is 6.08. The summed E-state index contributed by atoms with van der Waals surface area (Å²) in [4.78, 5) is 2.41. The van der Waals surface area contributed by atoms with Crippen LogP contribution in [0.1, 0.15) is 57.9 Å². The highest BCUT2D eigenvalue weighted by Gasteiger charge is 2.27. The summed E-state index contributed by atoms with van der Waals surface area (Å²) in [5.74, 6) is 0. The molecule has 0 saturated carbocycles. The Morgan fingerprint density at radius 2 is 1.90 bits per heavy atom. The van der Waals surface area contributed by atoms with Crippen LogP contribution in [-0.4, -0.2) is 24.0 Å². The number of likely N-dealkylation sites (N-methyl/N-ethyl adjacent to an activating group) is 1. The minimum absolute atomic E-state index is 0.0918. The Balaban J connectivity index is 2.52. The van der Waals surface area contributed by atoms with Gasteiger partial charge in [0, 0.05) is 23.1 Å². The van der Waals surface area contributed by atoms with Gasteiger partial charge in [-0.25, -0.2) is 0 Å². The van der Waals surface area contributed by atoms with Crippen molar-refractivity contribution in [3.05, 3.63) is 34.3 Å². The lowest BCUT2D eigenvalue weighted by molar-refractivity contribution is 0.122. The zero-order chi connectivity index (χ0) is 15.7. The largest absolute Gasteiger partial charge is 0.329 e. The monoisotopic (exact) mass is 354 g/mol. The van der Waals surface area contributed by atoms with E-state index in [1.807, 2.05) is 0 Å². The summed E-state index contributed by atoms with van der Waals surface area (Å²) in [7, 11) is 2.19. The first-order valence-electron chi connectivity index (χ1n) is 8.17. The van der Waals surface area contributed by atoms with Crippen LogP contribution >= 0.6 is 15.9 Å². The Kier molecular flexibility index (Phi) is 8.53. The van der Waals surface area contributed by atoms with Gasteiger partial charge in [-0.15, -0.1) is 0 Å². The Morgan fingerprint density at radius 1 is 1.19 bits per heavy atom. The van der Waals surface area contributed by atoms with E-state index in [4.69, 9.17) is 5.73 Å². The fraction of sp³-hybridized carbons (Fsp3) is 0.667. The predicted molar refractivity (Wildman–Crippen MR) is 96.4 cm³/mol. The molecule has 0 heterocycles. The van der Waals surface area contributed by atoms with Crippen LogP contribution in [0.25, 0.3) is 0 Å². The molecule has 0 saturated heterocycles. The van der Waals surface area contributed by atoms with E-state index >= 15 is 0 Å². The summed E-state index contributed by atoms with van der Waals surface area (Å²) in [5.41, 5.74) is 7.50. The zero-order valence-corrected chi connectivity index (χ0v) is 15.5. The lowest BCUT2D eigenvalue weighted by atomic mass is 9.92. The third kappa shape index (κ3) is 6.50. The van der Waals surface area contributed by atoms with Gasteiger partial charge in [0.1, 0.15) is 0 Å². The van der Waals surface area contributed by atoms with Gasteiger partial charge in [0.2, 0.25) is 0 Å². The second kappa shape index (κ2) is 9.60. The van der Waals surface area contributed by atoms with E-state index < -0.39 is 0 Å². The summed E-state index contributed by atoms with van der Waals surface area (Å²) in [6.07, 6.45) is 7.79. The molecule has 0 aliphatic heterocycles. The summed E-state index contributed by atoms with van der Waals surface area (Å²) in [5, 5.41) is 0. The lowest BCUT2D eigenvalue weighted by Crippen LogP contribution is -2.49. The highest BCUT2D eigenvalue weighted by molar-refractivity contribution is 9.10. The predicted octanol–water partition coefficient (Wildman–Crippen LogP) is 4.96. The minimum Gasteiger partial charge on any atom is -0.329 e. The van der Waals surface area contributed by atoms with E-state index in [0.717, 1.165) is 11.0 Å². The molecule has 1 unspecified atom stereocenters. The molecule has 0 aliphatic carbocycles. The second-order valence-corrected chi connectivity index (χ2v) is 7.27. The van der Waals surface area contributed by atoms with Crippen molar-refractivity contribution in [1.29, 1.82) is 0 Å². The van der Waals surface area contributed by atoms with Crippen molar-refractivity contribution in [2.75, 3.05) is 13.6 Å². The van der Waals surface area contributed by atoms with Crippen LogP contribution in [0.2, 0.25) is 0 Å². The average molecular weight is 355 g/mol. The Labute approximate surface area is 139 Å². The van der Waals surface area contributed by atoms with Crippen LogP contribution in [0.5, 0.6) is 0 Å². The van der Waals surface area contributed by atoms with Crippen LogP contribution < -0.4 is 5.73 Å². The second-order valence-electron chi connectivity index (χ2n) is 6.35. The first-order chi connectivity index (χ1) is 10.0. The smallest absolute Gasteiger partial charge is 0.0304 e. The highest BCUT2D eigenvalue weighted by Crippen LogP contribution is 2.23. The number of unbranched alkanes of at least 4 members (excludes halogenated alkanes) is 4. The summed E-state index contributed by atoms with van der Waals surface area (Å²) < 4.78 is 1.14. The highest BCUT2D eigenvalue weighted by atomic mass is 79.9. The molecule has 0 aromatic heterocycles. The van der Waals surface area contributed by atoms with E-state index in [1.54, 1.807) is 0 Å². The molecule has 0 spiro atoms. The topological polar surface area (TPSA) is 29.3 Å². The standard InChI is InChI=1S/C18H31BrN2/c1-4-5-6-7-8-12-18(2,15-20)21(3)14-16-10-9-11-17(19)13-16/h9-11,13H,4-8,12,14-15,20H2,1-3H3. The van der Waals surface area contributed by atoms with E-state index in [-0.39, 0.29) is 5.54 Å². The molecule has 1 aromatic carbocycles. The van der Waals surface area contributed by atoms with Crippen molar-refractivity contribution >= 4 is 15.9 Å². The number of halogens is 1. The normalized spacial score (nSPS) is 14.4. The third-order valence-corrected chi connectivity index (χ3v) is 4.98. The first kappa shape index (κ1) is 18.7. The minimum atomic E-state index is 0.0918. The number of hydrogen-bond donors (Lipinski definition) is 1. The summed E-state index contributed by atoms with van der Waals surface area (Å²) in [6.45, 7) is 6.22. The Morgan fingerprint density at radius 3 is 2.52 bits per heavy atom. The molecule has 120 valence electrons. The Bertz CT molecular complexity index is 408. The fourth-order valence-electron chi connectivity index (χ4n) is 2.66.